The molecule has 0 saturated heterocycles. The lowest BCUT2D eigenvalue weighted by atomic mass is 10.00. The van der Waals surface area contributed by atoms with Crippen LogP contribution in [0.3, 0.4) is 0 Å². The molecule has 0 bridgehead atoms. The number of aliphatic carboxylic acids is 1. The Morgan fingerprint density at radius 2 is 1.52 bits per heavy atom. The predicted octanol–water partition coefficient (Wildman–Crippen LogP) is 4.33. The number of carboxylic acids is 1. The van der Waals surface area contributed by atoms with Gasteiger partial charge in [0, 0.05) is 0 Å². The lowest BCUT2D eigenvalue weighted by molar-refractivity contribution is -0.137. The lowest BCUT2D eigenvalue weighted by Crippen LogP contribution is -2.08. The quantitative estimate of drug-likeness (QED) is 0.675. The summed E-state index contributed by atoms with van der Waals surface area (Å²) >= 11 is 0. The van der Waals surface area contributed by atoms with E-state index in [0.29, 0.717) is 5.56 Å². The van der Waals surface area contributed by atoms with Gasteiger partial charge in [0.1, 0.15) is 0 Å². The van der Waals surface area contributed by atoms with Gasteiger partial charge in [0.15, 0.2) is 0 Å². The molecule has 0 atom stereocenters. The number of carboxylic acid groups (broad SMARTS) is 1. The van der Waals surface area contributed by atoms with E-state index >= 15 is 0 Å². The normalized spacial score (nSPS) is 12.2. The zero-order valence-electron chi connectivity index (χ0n) is 10.8. The Bertz CT molecular complexity index is 673. The molecule has 0 heterocycles. The van der Waals surface area contributed by atoms with Gasteiger partial charge >= 0.3 is 12.1 Å². The first-order chi connectivity index (χ1) is 9.89. The van der Waals surface area contributed by atoms with E-state index in [0.717, 1.165) is 12.1 Å². The summed E-state index contributed by atoms with van der Waals surface area (Å²) in [6, 6.07) is 12.9. The van der Waals surface area contributed by atoms with Crippen molar-refractivity contribution < 1.29 is 23.1 Å². The third kappa shape index (κ3) is 3.51. The van der Waals surface area contributed by atoms with Crippen LogP contribution in [0.5, 0.6) is 0 Å². The zero-order valence-corrected chi connectivity index (χ0v) is 10.8. The van der Waals surface area contributed by atoms with Crippen molar-refractivity contribution in [2.24, 2.45) is 0 Å². The van der Waals surface area contributed by atoms with Crippen LogP contribution in [-0.2, 0) is 11.0 Å². The Morgan fingerprint density at radius 1 is 0.952 bits per heavy atom. The fourth-order valence-corrected chi connectivity index (χ4v) is 1.92. The molecule has 2 aromatic carbocycles. The van der Waals surface area contributed by atoms with Crippen LogP contribution in [0, 0.1) is 0 Å². The average Bonchev–Trinajstić information content (AvgIpc) is 2.44. The Labute approximate surface area is 119 Å². The van der Waals surface area contributed by atoms with Gasteiger partial charge in [-0.2, -0.15) is 13.2 Å². The van der Waals surface area contributed by atoms with Crippen LogP contribution in [-0.4, -0.2) is 11.1 Å². The molecular weight excluding hydrogens is 281 g/mol. The molecule has 0 fully saturated rings. The molecule has 0 aliphatic carbocycles. The molecule has 0 saturated carbocycles. The van der Waals surface area contributed by atoms with E-state index in [1.165, 1.54) is 30.3 Å². The minimum Gasteiger partial charge on any atom is -0.478 e. The van der Waals surface area contributed by atoms with E-state index in [1.807, 2.05) is 0 Å². The SMILES string of the molecule is O=C(O)/C(=C\c1ccccc1C(F)(F)F)c1ccccc1. The standard InChI is InChI=1S/C16H11F3O2/c17-16(18,19)14-9-5-4-8-12(14)10-13(15(20)21)11-6-2-1-3-7-11/h1-10H,(H,20,21)/b13-10-. The van der Waals surface area contributed by atoms with E-state index in [4.69, 9.17) is 0 Å². The molecule has 108 valence electrons. The van der Waals surface area contributed by atoms with Crippen molar-refractivity contribution in [3.05, 3.63) is 71.3 Å². The van der Waals surface area contributed by atoms with Crippen LogP contribution in [0.25, 0.3) is 11.6 Å². The highest BCUT2D eigenvalue weighted by molar-refractivity contribution is 6.20. The van der Waals surface area contributed by atoms with E-state index in [2.05, 4.69) is 0 Å². The molecule has 1 N–H and O–H groups in total. The van der Waals surface area contributed by atoms with Crippen molar-refractivity contribution in [1.29, 1.82) is 0 Å². The number of halogens is 3. The molecule has 2 aromatic rings. The monoisotopic (exact) mass is 292 g/mol. The van der Waals surface area contributed by atoms with Gasteiger partial charge in [-0.05, 0) is 23.3 Å². The highest BCUT2D eigenvalue weighted by atomic mass is 19.4. The molecule has 0 amide bonds. The molecule has 0 aliphatic rings. The van der Waals surface area contributed by atoms with Gasteiger partial charge in [0.25, 0.3) is 0 Å². The second kappa shape index (κ2) is 5.83. The molecule has 0 aliphatic heterocycles. The van der Waals surface area contributed by atoms with Crippen molar-refractivity contribution >= 4 is 17.6 Å². The van der Waals surface area contributed by atoms with Crippen LogP contribution in [0.1, 0.15) is 16.7 Å². The second-order valence-corrected chi connectivity index (χ2v) is 4.31. The molecule has 0 spiro atoms. The van der Waals surface area contributed by atoms with Gasteiger partial charge < -0.3 is 5.11 Å². The lowest BCUT2D eigenvalue weighted by Gasteiger charge is -2.11. The topological polar surface area (TPSA) is 37.3 Å². The minimum atomic E-state index is -4.53. The molecule has 2 rings (SSSR count). The fraction of sp³-hybridized carbons (Fsp3) is 0.0625. The minimum absolute atomic E-state index is 0.175. The predicted molar refractivity (Wildman–Crippen MR) is 73.4 cm³/mol. The van der Waals surface area contributed by atoms with Crippen LogP contribution >= 0.6 is 0 Å². The van der Waals surface area contributed by atoms with Crippen LogP contribution < -0.4 is 0 Å². The van der Waals surface area contributed by atoms with Gasteiger partial charge in [-0.25, -0.2) is 4.79 Å². The smallest absolute Gasteiger partial charge is 0.416 e. The Balaban J connectivity index is 2.58. The van der Waals surface area contributed by atoms with Crippen molar-refractivity contribution in [2.75, 3.05) is 0 Å². The molecule has 2 nitrogen and oxygen atoms in total. The molecule has 21 heavy (non-hydrogen) atoms. The largest absolute Gasteiger partial charge is 0.478 e. The summed E-state index contributed by atoms with van der Waals surface area (Å²) in [4.78, 5) is 11.3. The third-order valence-corrected chi connectivity index (χ3v) is 2.88. The summed E-state index contributed by atoms with van der Waals surface area (Å²) in [6.07, 6.45) is -3.49. The Morgan fingerprint density at radius 3 is 2.10 bits per heavy atom. The summed E-state index contributed by atoms with van der Waals surface area (Å²) in [6.45, 7) is 0. The van der Waals surface area contributed by atoms with Crippen molar-refractivity contribution in [3.63, 3.8) is 0 Å². The molecule has 0 aromatic heterocycles. The van der Waals surface area contributed by atoms with E-state index in [1.54, 1.807) is 18.2 Å². The summed E-state index contributed by atoms with van der Waals surface area (Å²) in [5, 5.41) is 9.23. The first kappa shape index (κ1) is 14.8. The summed E-state index contributed by atoms with van der Waals surface area (Å²) in [7, 11) is 0. The molecule has 0 radical (unpaired) electrons. The number of rotatable bonds is 3. The van der Waals surface area contributed by atoms with E-state index in [9.17, 15) is 23.1 Å². The summed E-state index contributed by atoms with van der Waals surface area (Å²) in [5.74, 6) is -1.28. The maximum absolute atomic E-state index is 12.9. The van der Waals surface area contributed by atoms with E-state index in [-0.39, 0.29) is 11.1 Å². The van der Waals surface area contributed by atoms with Crippen LogP contribution in [0.4, 0.5) is 13.2 Å². The number of carbonyl (C=O) groups is 1. The summed E-state index contributed by atoms with van der Waals surface area (Å²) < 4.78 is 38.8. The zero-order chi connectivity index (χ0) is 15.5. The average molecular weight is 292 g/mol. The van der Waals surface area contributed by atoms with Gasteiger partial charge in [-0.15, -0.1) is 0 Å². The van der Waals surface area contributed by atoms with E-state index < -0.39 is 17.7 Å². The van der Waals surface area contributed by atoms with Gasteiger partial charge in [0.2, 0.25) is 0 Å². The summed E-state index contributed by atoms with van der Waals surface area (Å²) in [5.41, 5.74) is -0.875. The van der Waals surface area contributed by atoms with Crippen LogP contribution in [0.15, 0.2) is 54.6 Å². The number of hydrogen-bond acceptors (Lipinski definition) is 1. The number of alkyl halides is 3. The number of hydrogen-bond donors (Lipinski definition) is 1. The van der Waals surface area contributed by atoms with Crippen LogP contribution in [0.2, 0.25) is 0 Å². The first-order valence-corrected chi connectivity index (χ1v) is 6.06. The molecule has 5 heteroatoms. The second-order valence-electron chi connectivity index (χ2n) is 4.31. The van der Waals surface area contributed by atoms with Gasteiger partial charge in [0.05, 0.1) is 11.1 Å². The molecule has 0 unspecified atom stereocenters. The van der Waals surface area contributed by atoms with Crippen molar-refractivity contribution in [1.82, 2.24) is 0 Å². The highest BCUT2D eigenvalue weighted by Gasteiger charge is 2.32. The Kier molecular flexibility index (Phi) is 4.12. The third-order valence-electron chi connectivity index (χ3n) is 2.88. The maximum Gasteiger partial charge on any atom is 0.416 e. The molecular formula is C16H11F3O2. The van der Waals surface area contributed by atoms with Gasteiger partial charge in [-0.1, -0.05) is 48.5 Å². The van der Waals surface area contributed by atoms with Crippen molar-refractivity contribution in [2.45, 2.75) is 6.18 Å². The maximum atomic E-state index is 12.9. The first-order valence-electron chi connectivity index (χ1n) is 6.06. The number of benzene rings is 2. The highest BCUT2D eigenvalue weighted by Crippen LogP contribution is 2.33. The van der Waals surface area contributed by atoms with Crippen molar-refractivity contribution in [3.8, 4) is 0 Å². The Hall–Kier alpha value is -2.56. The van der Waals surface area contributed by atoms with Gasteiger partial charge in [-0.3, -0.25) is 0 Å². The fourth-order valence-electron chi connectivity index (χ4n) is 1.92.